The van der Waals surface area contributed by atoms with E-state index in [1.165, 1.54) is 25.7 Å². The first-order valence-corrected chi connectivity index (χ1v) is 10.4. The number of hydrogen-bond donors (Lipinski definition) is 3. The molecule has 0 aliphatic heterocycles. The van der Waals surface area contributed by atoms with Gasteiger partial charge in [-0.2, -0.15) is 0 Å². The number of furan rings is 1. The second-order valence-electron chi connectivity index (χ2n) is 7.60. The number of aliphatic imine (C=N–C) groups is 1. The topological polar surface area (TPSA) is 100 Å². The smallest absolute Gasteiger partial charge is 0.216 e. The summed E-state index contributed by atoms with van der Waals surface area (Å²) < 4.78 is 11.4. The fourth-order valence-corrected chi connectivity index (χ4v) is 4.61. The first-order valence-electron chi connectivity index (χ1n) is 10.4. The average molecular weight is 387 g/mol. The molecule has 2 fully saturated rings. The van der Waals surface area contributed by atoms with Crippen molar-refractivity contribution < 1.29 is 9.15 Å². The van der Waals surface area contributed by atoms with E-state index in [1.54, 1.807) is 6.26 Å². The van der Waals surface area contributed by atoms with Crippen LogP contribution in [-0.2, 0) is 11.3 Å². The molecule has 152 valence electrons. The van der Waals surface area contributed by atoms with Gasteiger partial charge in [-0.15, -0.1) is 5.10 Å². The van der Waals surface area contributed by atoms with Gasteiger partial charge in [0, 0.05) is 24.6 Å². The maximum atomic E-state index is 6.02. The van der Waals surface area contributed by atoms with Crippen LogP contribution in [0.5, 0.6) is 0 Å². The van der Waals surface area contributed by atoms with Crippen LogP contribution in [0.25, 0.3) is 11.6 Å². The third-order valence-corrected chi connectivity index (χ3v) is 6.00. The molecule has 2 aliphatic carbocycles. The summed E-state index contributed by atoms with van der Waals surface area (Å²) >= 11 is 0. The molecule has 8 nitrogen and oxygen atoms in total. The number of nitrogens with one attached hydrogen (secondary N) is 3. The van der Waals surface area contributed by atoms with Crippen molar-refractivity contribution in [1.29, 1.82) is 0 Å². The fourth-order valence-electron chi connectivity index (χ4n) is 4.61. The normalized spacial score (nSPS) is 23.7. The van der Waals surface area contributed by atoms with Gasteiger partial charge in [0.15, 0.2) is 11.7 Å². The fraction of sp³-hybridized carbons (Fsp3) is 0.650. The zero-order valence-corrected chi connectivity index (χ0v) is 16.7. The molecule has 3 N–H and O–H groups in total. The van der Waals surface area contributed by atoms with Crippen LogP contribution < -0.4 is 10.6 Å². The lowest BCUT2D eigenvalue weighted by Crippen LogP contribution is -2.65. The number of aromatic amines is 1. The highest BCUT2D eigenvalue weighted by molar-refractivity contribution is 5.80. The van der Waals surface area contributed by atoms with E-state index < -0.39 is 0 Å². The number of hydrogen-bond acceptors (Lipinski definition) is 5. The zero-order chi connectivity index (χ0) is 19.4. The molecule has 2 aliphatic rings. The lowest BCUT2D eigenvalue weighted by molar-refractivity contribution is -0.125. The summed E-state index contributed by atoms with van der Waals surface area (Å²) in [5, 5.41) is 14.2. The second kappa shape index (κ2) is 8.34. The molecule has 4 rings (SSSR count). The van der Waals surface area contributed by atoms with E-state index in [0.717, 1.165) is 25.5 Å². The molecule has 2 atom stereocenters. The van der Waals surface area contributed by atoms with E-state index in [-0.39, 0.29) is 5.41 Å². The number of guanidine groups is 1. The van der Waals surface area contributed by atoms with Crippen molar-refractivity contribution in [3.8, 4) is 11.6 Å². The minimum atomic E-state index is 0.269. The van der Waals surface area contributed by atoms with Gasteiger partial charge in [-0.05, 0) is 45.2 Å². The Balaban J connectivity index is 1.41. The maximum absolute atomic E-state index is 6.02. The van der Waals surface area contributed by atoms with E-state index in [0.29, 0.717) is 36.1 Å². The summed E-state index contributed by atoms with van der Waals surface area (Å²) in [6, 6.07) is 4.08. The molecule has 2 aromatic rings. The minimum absolute atomic E-state index is 0.269. The van der Waals surface area contributed by atoms with Crippen LogP contribution in [0.2, 0.25) is 0 Å². The Morgan fingerprint density at radius 2 is 2.25 bits per heavy atom. The first-order chi connectivity index (χ1) is 13.7. The Hall–Kier alpha value is -2.35. The number of ether oxygens (including phenoxy) is 1. The summed E-state index contributed by atoms with van der Waals surface area (Å²) in [6.45, 7) is 6.20. The molecule has 8 heteroatoms. The third-order valence-electron chi connectivity index (χ3n) is 6.00. The van der Waals surface area contributed by atoms with E-state index in [1.807, 2.05) is 12.1 Å². The van der Waals surface area contributed by atoms with Gasteiger partial charge in [0.1, 0.15) is 12.4 Å². The van der Waals surface area contributed by atoms with Gasteiger partial charge in [0.2, 0.25) is 5.82 Å². The average Bonchev–Trinajstić information content (AvgIpc) is 3.46. The summed E-state index contributed by atoms with van der Waals surface area (Å²) in [7, 11) is 0. The maximum Gasteiger partial charge on any atom is 0.216 e. The van der Waals surface area contributed by atoms with Crippen LogP contribution in [-0.4, -0.2) is 46.4 Å². The summed E-state index contributed by atoms with van der Waals surface area (Å²) in [4.78, 5) is 9.18. The molecule has 2 saturated carbocycles. The van der Waals surface area contributed by atoms with Crippen molar-refractivity contribution in [2.24, 2.45) is 10.4 Å². The van der Waals surface area contributed by atoms with Crippen LogP contribution in [0.15, 0.2) is 27.8 Å². The van der Waals surface area contributed by atoms with Gasteiger partial charge in [0.05, 0.1) is 12.4 Å². The Labute approximate surface area is 165 Å². The standard InChI is InChI=1S/C20H30N6O2/c1-3-21-19(22-13-17-24-18(26-25-17)14-8-7-11-28-14)23-15-12-16(27-4-2)20(15)9-5-6-10-20/h7-8,11,15-16H,3-6,9-10,12-13H2,1-2H3,(H2,21,22,23)(H,24,25,26). The van der Waals surface area contributed by atoms with Crippen molar-refractivity contribution in [1.82, 2.24) is 25.8 Å². The number of nitrogens with zero attached hydrogens (tertiary/aromatic N) is 3. The highest BCUT2D eigenvalue weighted by atomic mass is 16.5. The van der Waals surface area contributed by atoms with Crippen molar-refractivity contribution in [3.05, 3.63) is 24.2 Å². The van der Waals surface area contributed by atoms with Crippen LogP contribution in [0.1, 0.15) is 51.8 Å². The van der Waals surface area contributed by atoms with Gasteiger partial charge in [0.25, 0.3) is 0 Å². The number of H-pyrrole nitrogens is 1. The molecule has 0 aromatic carbocycles. The van der Waals surface area contributed by atoms with E-state index in [4.69, 9.17) is 14.1 Å². The van der Waals surface area contributed by atoms with Gasteiger partial charge in [-0.3, -0.25) is 5.10 Å². The molecule has 28 heavy (non-hydrogen) atoms. The van der Waals surface area contributed by atoms with E-state index in [9.17, 15) is 0 Å². The molecule has 2 heterocycles. The second-order valence-corrected chi connectivity index (χ2v) is 7.60. The van der Waals surface area contributed by atoms with Gasteiger partial charge >= 0.3 is 0 Å². The van der Waals surface area contributed by atoms with Crippen LogP contribution in [0.4, 0.5) is 0 Å². The summed E-state index contributed by atoms with van der Waals surface area (Å²) in [5.41, 5.74) is 0.269. The molecule has 2 aromatic heterocycles. The Bertz CT molecular complexity index is 778. The van der Waals surface area contributed by atoms with Crippen molar-refractivity contribution in [2.45, 2.75) is 64.6 Å². The predicted octanol–water partition coefficient (Wildman–Crippen LogP) is 2.86. The first kappa shape index (κ1) is 19.0. The van der Waals surface area contributed by atoms with Gasteiger partial charge < -0.3 is 19.8 Å². The zero-order valence-electron chi connectivity index (χ0n) is 16.7. The Morgan fingerprint density at radius 1 is 1.39 bits per heavy atom. The highest BCUT2D eigenvalue weighted by Crippen LogP contribution is 2.54. The van der Waals surface area contributed by atoms with E-state index >= 15 is 0 Å². The lowest BCUT2D eigenvalue weighted by atomic mass is 9.60. The summed E-state index contributed by atoms with van der Waals surface area (Å²) in [5.74, 6) is 2.73. The van der Waals surface area contributed by atoms with Crippen molar-refractivity contribution >= 4 is 5.96 Å². The number of aromatic nitrogens is 3. The van der Waals surface area contributed by atoms with Crippen LogP contribution in [0, 0.1) is 5.41 Å². The molecule has 0 amide bonds. The Morgan fingerprint density at radius 3 is 2.96 bits per heavy atom. The van der Waals surface area contributed by atoms with Crippen LogP contribution >= 0.6 is 0 Å². The van der Waals surface area contributed by atoms with Crippen molar-refractivity contribution in [2.75, 3.05) is 13.2 Å². The molecular weight excluding hydrogens is 356 g/mol. The predicted molar refractivity (Wildman–Crippen MR) is 107 cm³/mol. The van der Waals surface area contributed by atoms with Gasteiger partial charge in [-0.25, -0.2) is 9.98 Å². The molecule has 0 saturated heterocycles. The SMILES string of the molecule is CCNC(=NCc1nc(-c2ccco2)n[nH]1)NC1CC(OCC)C12CCCC2. The molecule has 0 radical (unpaired) electrons. The van der Waals surface area contributed by atoms with E-state index in [2.05, 4.69) is 39.7 Å². The molecule has 1 spiro atoms. The Kier molecular flexibility index (Phi) is 5.66. The lowest BCUT2D eigenvalue weighted by Gasteiger charge is -2.54. The largest absolute Gasteiger partial charge is 0.461 e. The minimum Gasteiger partial charge on any atom is -0.461 e. The van der Waals surface area contributed by atoms with Gasteiger partial charge in [-0.1, -0.05) is 12.8 Å². The molecular formula is C20H30N6O2. The molecule has 2 unspecified atom stereocenters. The summed E-state index contributed by atoms with van der Waals surface area (Å²) in [6.07, 6.45) is 8.11. The third kappa shape index (κ3) is 3.65. The monoisotopic (exact) mass is 386 g/mol. The number of rotatable bonds is 7. The molecule has 0 bridgehead atoms. The highest BCUT2D eigenvalue weighted by Gasteiger charge is 2.56. The quantitative estimate of drug-likeness (QED) is 0.500. The van der Waals surface area contributed by atoms with Crippen LogP contribution in [0.3, 0.4) is 0 Å². The van der Waals surface area contributed by atoms with Crippen molar-refractivity contribution in [3.63, 3.8) is 0 Å².